The van der Waals surface area contributed by atoms with Crippen molar-refractivity contribution in [1.29, 1.82) is 0 Å². The number of aliphatic imine (C=N–C) groups is 3. The highest BCUT2D eigenvalue weighted by molar-refractivity contribution is 9.09. The Balaban J connectivity index is 1.28. The number of phenols is 2. The summed E-state index contributed by atoms with van der Waals surface area (Å²) in [5, 5.41) is 30.9. The number of halogens is 2. The Labute approximate surface area is 451 Å². The molecule has 1 aliphatic rings. The lowest BCUT2D eigenvalue weighted by atomic mass is 9.90. The summed E-state index contributed by atoms with van der Waals surface area (Å²) >= 11 is 7.22. The average Bonchev–Trinajstić information content (AvgIpc) is 3.43. The molecular formula is C64H60Br2N4O4. The summed E-state index contributed by atoms with van der Waals surface area (Å²) in [5.74, 6) is 1.78. The van der Waals surface area contributed by atoms with Gasteiger partial charge in [0.05, 0.1) is 30.3 Å². The summed E-state index contributed by atoms with van der Waals surface area (Å²) in [6.45, 7) is 1.55. The average molecular weight is 1110 g/mol. The monoisotopic (exact) mass is 1110 g/mol. The molecule has 374 valence electrons. The number of ether oxygens (including phenoxy) is 2. The molecule has 1 aliphatic carbocycles. The number of aromatic hydroxyl groups is 2. The highest BCUT2D eigenvalue weighted by Crippen LogP contribution is 2.43. The molecule has 8 aromatic rings. The van der Waals surface area contributed by atoms with Crippen molar-refractivity contribution in [2.45, 2.75) is 57.9 Å². The molecule has 0 saturated carbocycles. The van der Waals surface area contributed by atoms with E-state index in [1.54, 1.807) is 0 Å². The van der Waals surface area contributed by atoms with Crippen molar-refractivity contribution >= 4 is 73.3 Å². The van der Waals surface area contributed by atoms with E-state index in [1.807, 2.05) is 140 Å². The van der Waals surface area contributed by atoms with Crippen LogP contribution in [0.4, 0.5) is 22.7 Å². The fraction of sp³-hybridized carbons (Fsp3) is 0.203. The minimum atomic E-state index is 0.169. The quantitative estimate of drug-likeness (QED) is 0.0324. The third kappa shape index (κ3) is 14.1. The van der Waals surface area contributed by atoms with E-state index in [-0.39, 0.29) is 11.5 Å². The normalized spacial score (nSPS) is 12.4. The van der Waals surface area contributed by atoms with Gasteiger partial charge in [-0.2, -0.15) is 0 Å². The molecular weight excluding hydrogens is 1050 g/mol. The molecule has 0 aromatic heterocycles. The first-order valence-electron chi connectivity index (χ1n) is 25.3. The first-order valence-corrected chi connectivity index (χ1v) is 27.6. The molecule has 8 nitrogen and oxygen atoms in total. The predicted molar refractivity (Wildman–Crippen MR) is 312 cm³/mol. The lowest BCUT2D eigenvalue weighted by Gasteiger charge is -2.22. The van der Waals surface area contributed by atoms with Gasteiger partial charge in [0.2, 0.25) is 0 Å². The summed E-state index contributed by atoms with van der Waals surface area (Å²) in [6.07, 6.45) is 10.4. The largest absolute Gasteiger partial charge is 0.507 e. The number of unbranched alkanes of at least 4 members (excludes halogenated alkanes) is 2. The van der Waals surface area contributed by atoms with Gasteiger partial charge in [-0.05, 0) is 96.5 Å². The second-order valence-electron chi connectivity index (χ2n) is 18.5. The molecule has 0 unspecified atom stereocenters. The van der Waals surface area contributed by atoms with Crippen LogP contribution in [0.25, 0.3) is 0 Å². The maximum Gasteiger partial charge on any atom is 0.126 e. The van der Waals surface area contributed by atoms with Crippen molar-refractivity contribution in [3.8, 4) is 23.0 Å². The maximum absolute atomic E-state index is 12.7. The Morgan fingerprint density at radius 2 is 0.743 bits per heavy atom. The van der Waals surface area contributed by atoms with Crippen LogP contribution in [0.2, 0.25) is 0 Å². The van der Waals surface area contributed by atoms with Gasteiger partial charge in [-0.15, -0.1) is 0 Å². The number of rotatable bonds is 19. The number of anilines is 1. The number of hydrogen-bond acceptors (Lipinski definition) is 8. The van der Waals surface area contributed by atoms with Crippen molar-refractivity contribution in [3.63, 3.8) is 0 Å². The van der Waals surface area contributed by atoms with Crippen LogP contribution in [-0.4, -0.2) is 52.7 Å². The summed E-state index contributed by atoms with van der Waals surface area (Å²) < 4.78 is 13.8. The van der Waals surface area contributed by atoms with Crippen molar-refractivity contribution in [1.82, 2.24) is 0 Å². The van der Waals surface area contributed by atoms with Crippen LogP contribution in [0.3, 0.4) is 0 Å². The molecule has 9 rings (SSSR count). The van der Waals surface area contributed by atoms with Gasteiger partial charge in [-0.1, -0.05) is 153 Å². The van der Waals surface area contributed by atoms with Crippen molar-refractivity contribution in [2.24, 2.45) is 15.0 Å². The molecule has 0 radical (unpaired) electrons. The standard InChI is InChI=1S/C64H60Br2N4O4/c65-25-13-15-27-73-63-53-29-49-33-57(67-41-45-17-5-1-6-18-45)34-50(61(49)71)30-54-38-60(70-44-48-23-11-4-12-24-48)40-56(64(54)74-28-16-14-26-66)32-52-36-58(68-42-46-19-7-2-8-20-46)35-51(62(52)72)31-55(63)39-59(37-53)69-43-47-21-9-3-10-22-47/h1-12,17-24,33-41,43-44,68,71-72H,13-16,25-32,42H2. The van der Waals surface area contributed by atoms with E-state index in [0.29, 0.717) is 73.8 Å². The van der Waals surface area contributed by atoms with Crippen molar-refractivity contribution in [3.05, 3.63) is 237 Å². The first kappa shape index (κ1) is 51.6. The van der Waals surface area contributed by atoms with E-state index in [2.05, 4.69) is 85.7 Å². The van der Waals surface area contributed by atoms with Crippen LogP contribution in [0.1, 0.15) is 92.4 Å². The molecule has 8 bridgehead atoms. The molecule has 0 saturated heterocycles. The van der Waals surface area contributed by atoms with Crippen LogP contribution >= 0.6 is 31.9 Å². The molecule has 74 heavy (non-hydrogen) atoms. The molecule has 3 N–H and O–H groups in total. The Morgan fingerprint density at radius 3 is 1.09 bits per heavy atom. The van der Waals surface area contributed by atoms with Gasteiger partial charge in [0.25, 0.3) is 0 Å². The van der Waals surface area contributed by atoms with Crippen molar-refractivity contribution < 1.29 is 19.7 Å². The van der Waals surface area contributed by atoms with E-state index in [1.165, 1.54) is 0 Å². The van der Waals surface area contributed by atoms with Gasteiger partial charge in [0.1, 0.15) is 23.0 Å². The van der Waals surface area contributed by atoms with Crippen molar-refractivity contribution in [2.75, 3.05) is 29.2 Å². The van der Waals surface area contributed by atoms with E-state index in [0.717, 1.165) is 109 Å². The summed E-state index contributed by atoms with van der Waals surface area (Å²) in [4.78, 5) is 15.2. The fourth-order valence-electron chi connectivity index (χ4n) is 9.16. The number of nitrogens with one attached hydrogen (secondary N) is 1. The number of hydrogen-bond donors (Lipinski definition) is 3. The highest BCUT2D eigenvalue weighted by Gasteiger charge is 2.24. The zero-order valence-corrected chi connectivity index (χ0v) is 44.6. The van der Waals surface area contributed by atoms with Gasteiger partial charge in [0.15, 0.2) is 0 Å². The lowest BCUT2D eigenvalue weighted by Crippen LogP contribution is -2.08. The van der Waals surface area contributed by atoms with E-state index in [4.69, 9.17) is 24.5 Å². The smallest absolute Gasteiger partial charge is 0.126 e. The topological polar surface area (TPSA) is 108 Å². The fourth-order valence-corrected chi connectivity index (χ4v) is 9.95. The molecule has 10 heteroatoms. The highest BCUT2D eigenvalue weighted by atomic mass is 79.9. The van der Waals surface area contributed by atoms with Gasteiger partial charge < -0.3 is 25.0 Å². The lowest BCUT2D eigenvalue weighted by molar-refractivity contribution is 0.304. The molecule has 0 fully saturated rings. The zero-order chi connectivity index (χ0) is 50.9. The Kier molecular flexibility index (Phi) is 18.2. The molecule has 0 amide bonds. The molecule has 0 atom stereocenters. The number of nitrogens with zero attached hydrogens (tertiary/aromatic N) is 3. The Morgan fingerprint density at radius 1 is 0.419 bits per heavy atom. The van der Waals surface area contributed by atoms with Gasteiger partial charge >= 0.3 is 0 Å². The molecule has 0 heterocycles. The Bertz CT molecular complexity index is 3060. The SMILES string of the molecule is Oc1c2cc(N=Cc3ccccc3)cc1Cc1cc(N=Cc3ccccc3)cc(c1OCCCCBr)Cc1cc(NCc3ccccc3)cc(c1O)Cc1cc(N=Cc3ccccc3)cc(c1OCCCCBr)C2. The molecule has 8 aromatic carbocycles. The summed E-state index contributed by atoms with van der Waals surface area (Å²) in [7, 11) is 0. The zero-order valence-electron chi connectivity index (χ0n) is 41.4. The number of alkyl halides is 2. The number of phenolic OH excluding ortho intramolecular Hbond substituents is 2. The van der Waals surface area contributed by atoms with Crippen LogP contribution in [0.5, 0.6) is 23.0 Å². The second-order valence-corrected chi connectivity index (χ2v) is 20.1. The van der Waals surface area contributed by atoms with E-state index >= 15 is 0 Å². The first-order chi connectivity index (χ1) is 36.4. The van der Waals surface area contributed by atoms with E-state index in [9.17, 15) is 10.2 Å². The van der Waals surface area contributed by atoms with Gasteiger partial charge in [0, 0.05) is 112 Å². The Hall–Kier alpha value is -7.27. The van der Waals surface area contributed by atoms with E-state index < -0.39 is 0 Å². The van der Waals surface area contributed by atoms with Crippen LogP contribution in [0, 0.1) is 0 Å². The number of benzene rings is 8. The predicted octanol–water partition coefficient (Wildman–Crippen LogP) is 15.7. The van der Waals surface area contributed by atoms with Crippen LogP contribution in [0.15, 0.2) is 185 Å². The second kappa shape index (κ2) is 26.1. The van der Waals surface area contributed by atoms with Gasteiger partial charge in [-0.25, -0.2) is 0 Å². The number of fused-ring (bicyclic) bond motifs is 8. The molecule has 0 spiro atoms. The maximum atomic E-state index is 12.7. The third-order valence-corrected chi connectivity index (χ3v) is 14.0. The minimum absolute atomic E-state index is 0.169. The van der Waals surface area contributed by atoms with Crippen LogP contribution < -0.4 is 14.8 Å². The van der Waals surface area contributed by atoms with Gasteiger partial charge in [-0.3, -0.25) is 15.0 Å². The minimum Gasteiger partial charge on any atom is -0.507 e. The summed E-state index contributed by atoms with van der Waals surface area (Å²) in [5.41, 5.74) is 13.3. The summed E-state index contributed by atoms with van der Waals surface area (Å²) in [6, 6.07) is 56.7. The molecule has 0 aliphatic heterocycles. The third-order valence-electron chi connectivity index (χ3n) is 12.9. The van der Waals surface area contributed by atoms with Crippen LogP contribution in [-0.2, 0) is 32.2 Å².